The number of alkyl carbamates (subject to hydrolysis) is 1. The highest BCUT2D eigenvalue weighted by atomic mass is 79.9. The third-order valence-electron chi connectivity index (χ3n) is 4.67. The van der Waals surface area contributed by atoms with Crippen LogP contribution in [0.25, 0.3) is 0 Å². The van der Waals surface area contributed by atoms with E-state index in [4.69, 9.17) is 4.74 Å². The van der Waals surface area contributed by atoms with E-state index >= 15 is 0 Å². The van der Waals surface area contributed by atoms with Gasteiger partial charge in [0.15, 0.2) is 0 Å². The number of amides is 2. The molecule has 0 aliphatic heterocycles. The van der Waals surface area contributed by atoms with Gasteiger partial charge in [-0.1, -0.05) is 0 Å². The van der Waals surface area contributed by atoms with Crippen LogP contribution < -0.4 is 10.6 Å². The maximum Gasteiger partial charge on any atom is 0.408 e. The summed E-state index contributed by atoms with van der Waals surface area (Å²) in [4.78, 5) is 29.4. The van der Waals surface area contributed by atoms with E-state index < -0.39 is 17.7 Å². The van der Waals surface area contributed by atoms with Crippen LogP contribution in [-0.4, -0.2) is 28.6 Å². The molecule has 2 saturated carbocycles. The molecule has 1 aromatic rings. The van der Waals surface area contributed by atoms with Crippen LogP contribution in [0.1, 0.15) is 46.5 Å². The van der Waals surface area contributed by atoms with Crippen molar-refractivity contribution in [2.24, 2.45) is 17.8 Å². The van der Waals surface area contributed by atoms with Gasteiger partial charge in [0, 0.05) is 0 Å². The fourth-order valence-electron chi connectivity index (χ4n) is 3.33. The first-order valence-corrected chi connectivity index (χ1v) is 9.94. The van der Waals surface area contributed by atoms with E-state index in [0.717, 1.165) is 25.7 Å². The van der Waals surface area contributed by atoms with Crippen molar-refractivity contribution in [3.63, 3.8) is 0 Å². The molecular formula is C19H26BrN3O3. The first-order valence-electron chi connectivity index (χ1n) is 9.15. The lowest BCUT2D eigenvalue weighted by Gasteiger charge is -2.29. The number of aromatic nitrogens is 1. The normalized spacial score (nSPS) is 18.3. The number of nitrogens with zero attached hydrogens (tertiary/aromatic N) is 1. The molecule has 0 saturated heterocycles. The highest BCUT2D eigenvalue weighted by Crippen LogP contribution is 2.50. The Morgan fingerprint density at radius 1 is 1.19 bits per heavy atom. The summed E-state index contributed by atoms with van der Waals surface area (Å²) in [5.74, 6) is 0.988. The van der Waals surface area contributed by atoms with Crippen LogP contribution in [0.15, 0.2) is 22.9 Å². The van der Waals surface area contributed by atoms with Gasteiger partial charge in [-0.05, 0) is 92.3 Å². The second-order valence-corrected chi connectivity index (χ2v) is 9.05. The first kappa shape index (κ1) is 19.1. The molecule has 2 amide bonds. The van der Waals surface area contributed by atoms with E-state index in [1.807, 2.05) is 20.8 Å². The lowest BCUT2D eigenvalue weighted by molar-refractivity contribution is -0.120. The second kappa shape index (κ2) is 7.55. The van der Waals surface area contributed by atoms with Gasteiger partial charge in [0.25, 0.3) is 0 Å². The Kier molecular flexibility index (Phi) is 5.55. The molecule has 0 unspecified atom stereocenters. The molecule has 0 spiro atoms. The molecule has 0 radical (unpaired) electrons. The minimum absolute atomic E-state index is 0.172. The van der Waals surface area contributed by atoms with Gasteiger partial charge in [0.2, 0.25) is 5.91 Å². The Bertz CT molecular complexity index is 652. The fraction of sp³-hybridized carbons (Fsp3) is 0.632. The van der Waals surface area contributed by atoms with Crippen LogP contribution in [0.3, 0.4) is 0 Å². The molecule has 26 heavy (non-hydrogen) atoms. The standard InChI is InChI=1S/C19H26BrN3O3/c1-19(2,3)26-18(25)23-16(15(11-4-5-11)12-6-7-12)17(24)22-13-8-9-14(20)21-10-13/h8-12,15-16H,4-7H2,1-3H3,(H,22,24)(H,23,25)/t16-/m0/s1. The molecule has 6 nitrogen and oxygen atoms in total. The highest BCUT2D eigenvalue weighted by Gasteiger charge is 2.48. The van der Waals surface area contributed by atoms with Gasteiger partial charge >= 0.3 is 6.09 Å². The van der Waals surface area contributed by atoms with E-state index in [-0.39, 0.29) is 11.8 Å². The van der Waals surface area contributed by atoms with Crippen LogP contribution in [-0.2, 0) is 9.53 Å². The van der Waals surface area contributed by atoms with E-state index in [1.165, 1.54) is 0 Å². The van der Waals surface area contributed by atoms with Crippen molar-refractivity contribution in [1.29, 1.82) is 0 Å². The number of ether oxygens (including phenoxy) is 1. The number of hydrogen-bond donors (Lipinski definition) is 2. The second-order valence-electron chi connectivity index (χ2n) is 8.23. The zero-order valence-corrected chi connectivity index (χ0v) is 17.0. The molecule has 0 bridgehead atoms. The van der Waals surface area contributed by atoms with Crippen molar-refractivity contribution in [2.45, 2.75) is 58.1 Å². The summed E-state index contributed by atoms with van der Waals surface area (Å²) >= 11 is 3.28. The SMILES string of the molecule is CC(C)(C)OC(=O)N[C@H](C(=O)Nc1ccc(Br)nc1)C(C1CC1)C1CC1. The van der Waals surface area contributed by atoms with Crippen molar-refractivity contribution < 1.29 is 14.3 Å². The number of anilines is 1. The van der Waals surface area contributed by atoms with E-state index in [9.17, 15) is 9.59 Å². The zero-order valence-electron chi connectivity index (χ0n) is 15.4. The van der Waals surface area contributed by atoms with Crippen LogP contribution in [0.5, 0.6) is 0 Å². The summed E-state index contributed by atoms with van der Waals surface area (Å²) in [5.41, 5.74) is 0.00889. The maximum absolute atomic E-state index is 13.0. The lowest BCUT2D eigenvalue weighted by atomic mass is 9.88. The smallest absolute Gasteiger partial charge is 0.408 e. The van der Waals surface area contributed by atoms with Gasteiger partial charge in [0.05, 0.1) is 11.9 Å². The third kappa shape index (κ3) is 5.43. The number of carbonyl (C=O) groups is 2. The summed E-state index contributed by atoms with van der Waals surface area (Å²) in [5, 5.41) is 5.74. The minimum Gasteiger partial charge on any atom is -0.444 e. The van der Waals surface area contributed by atoms with Crippen LogP contribution in [0.2, 0.25) is 0 Å². The molecule has 1 heterocycles. The van der Waals surface area contributed by atoms with Gasteiger partial charge in [0.1, 0.15) is 16.2 Å². The first-order chi connectivity index (χ1) is 12.2. The largest absolute Gasteiger partial charge is 0.444 e. The predicted octanol–water partition coefficient (Wildman–Crippen LogP) is 4.11. The van der Waals surface area contributed by atoms with Gasteiger partial charge in [-0.15, -0.1) is 0 Å². The summed E-state index contributed by atoms with van der Waals surface area (Å²) in [6.07, 6.45) is 5.55. The predicted molar refractivity (Wildman–Crippen MR) is 103 cm³/mol. The zero-order chi connectivity index (χ0) is 18.9. The van der Waals surface area contributed by atoms with E-state index in [0.29, 0.717) is 22.1 Å². The molecule has 2 aliphatic rings. The lowest BCUT2D eigenvalue weighted by Crippen LogP contribution is -2.51. The molecule has 142 valence electrons. The average Bonchev–Trinajstić information content (AvgIpc) is 3.41. The highest BCUT2D eigenvalue weighted by molar-refractivity contribution is 9.10. The van der Waals surface area contributed by atoms with Crippen molar-refractivity contribution in [3.05, 3.63) is 22.9 Å². The Balaban J connectivity index is 1.74. The Hall–Kier alpha value is -1.63. The average molecular weight is 424 g/mol. The summed E-state index contributed by atoms with van der Waals surface area (Å²) in [6.45, 7) is 5.44. The molecule has 0 aromatic carbocycles. The Morgan fingerprint density at radius 2 is 1.81 bits per heavy atom. The van der Waals surface area contributed by atoms with E-state index in [2.05, 4.69) is 31.5 Å². The monoisotopic (exact) mass is 423 g/mol. The third-order valence-corrected chi connectivity index (χ3v) is 5.14. The van der Waals surface area contributed by atoms with Gasteiger partial charge in [-0.25, -0.2) is 9.78 Å². The number of hydrogen-bond acceptors (Lipinski definition) is 4. The van der Waals surface area contributed by atoms with Gasteiger partial charge in [-0.2, -0.15) is 0 Å². The summed E-state index contributed by atoms with van der Waals surface area (Å²) < 4.78 is 6.09. The molecule has 2 aliphatic carbocycles. The number of rotatable bonds is 6. The van der Waals surface area contributed by atoms with Crippen LogP contribution in [0.4, 0.5) is 10.5 Å². The van der Waals surface area contributed by atoms with Crippen molar-refractivity contribution in [1.82, 2.24) is 10.3 Å². The Labute approximate surface area is 162 Å². The van der Waals surface area contributed by atoms with Crippen molar-refractivity contribution in [3.8, 4) is 0 Å². The van der Waals surface area contributed by atoms with Crippen LogP contribution >= 0.6 is 15.9 Å². The molecule has 2 fully saturated rings. The Morgan fingerprint density at radius 3 is 2.27 bits per heavy atom. The van der Waals surface area contributed by atoms with Crippen molar-refractivity contribution in [2.75, 3.05) is 5.32 Å². The summed E-state index contributed by atoms with van der Waals surface area (Å²) in [7, 11) is 0. The number of carbonyl (C=O) groups excluding carboxylic acids is 2. The summed E-state index contributed by atoms with van der Waals surface area (Å²) in [6, 6.07) is 2.96. The quantitative estimate of drug-likeness (QED) is 0.674. The minimum atomic E-state index is -0.602. The molecule has 1 atom stereocenters. The molecule has 3 rings (SSSR count). The molecular weight excluding hydrogens is 398 g/mol. The van der Waals surface area contributed by atoms with E-state index in [1.54, 1.807) is 18.3 Å². The molecule has 1 aromatic heterocycles. The number of halogens is 1. The maximum atomic E-state index is 13.0. The van der Waals surface area contributed by atoms with Gasteiger partial charge < -0.3 is 15.4 Å². The molecule has 7 heteroatoms. The molecule has 2 N–H and O–H groups in total. The fourth-order valence-corrected chi connectivity index (χ4v) is 3.57. The topological polar surface area (TPSA) is 80.3 Å². The number of nitrogens with one attached hydrogen (secondary N) is 2. The van der Waals surface area contributed by atoms with Crippen molar-refractivity contribution >= 4 is 33.6 Å². The van der Waals surface area contributed by atoms with Gasteiger partial charge in [-0.3, -0.25) is 4.79 Å². The number of pyridine rings is 1. The van der Waals surface area contributed by atoms with Crippen LogP contribution in [0, 0.1) is 17.8 Å².